The summed E-state index contributed by atoms with van der Waals surface area (Å²) >= 11 is 5.97. The highest BCUT2D eigenvalue weighted by Crippen LogP contribution is 2.21. The summed E-state index contributed by atoms with van der Waals surface area (Å²) in [4.78, 5) is 11.9. The Bertz CT molecular complexity index is 445. The third-order valence-electron chi connectivity index (χ3n) is 3.28. The summed E-state index contributed by atoms with van der Waals surface area (Å²) in [5.74, 6) is -0.194. The summed E-state index contributed by atoms with van der Waals surface area (Å²) in [6, 6.07) is 4.87. The number of nitrogens with two attached hydrogens (primary N) is 1. The molecular formula is C14H19ClN2O2. The van der Waals surface area contributed by atoms with Gasteiger partial charge in [-0.3, -0.25) is 4.79 Å². The van der Waals surface area contributed by atoms with Gasteiger partial charge in [-0.1, -0.05) is 24.4 Å². The van der Waals surface area contributed by atoms with Gasteiger partial charge in [0.2, 0.25) is 0 Å². The number of hydrogen-bond acceptors (Lipinski definition) is 3. The minimum Gasteiger partial charge on any atom is -0.399 e. The topological polar surface area (TPSA) is 64.4 Å². The summed E-state index contributed by atoms with van der Waals surface area (Å²) in [5, 5.41) is 3.16. The van der Waals surface area contributed by atoms with Gasteiger partial charge in [-0.05, 0) is 31.0 Å². The number of nitrogens with one attached hydrogen (secondary N) is 1. The van der Waals surface area contributed by atoms with Crippen molar-refractivity contribution in [3.8, 4) is 0 Å². The minimum atomic E-state index is -0.194. The minimum absolute atomic E-state index is 0.194. The number of nitrogen functional groups attached to an aromatic ring is 1. The van der Waals surface area contributed by atoms with E-state index in [9.17, 15) is 4.79 Å². The third-order valence-corrected chi connectivity index (χ3v) is 3.59. The van der Waals surface area contributed by atoms with Crippen LogP contribution < -0.4 is 11.1 Å². The highest BCUT2D eigenvalue weighted by atomic mass is 35.5. The van der Waals surface area contributed by atoms with Crippen LogP contribution in [0.3, 0.4) is 0 Å². The smallest absolute Gasteiger partial charge is 0.252 e. The van der Waals surface area contributed by atoms with Crippen molar-refractivity contribution < 1.29 is 9.53 Å². The first-order valence-electron chi connectivity index (χ1n) is 6.61. The van der Waals surface area contributed by atoms with Gasteiger partial charge >= 0.3 is 0 Å². The summed E-state index contributed by atoms with van der Waals surface area (Å²) in [6.45, 7) is 1.04. The zero-order valence-electron chi connectivity index (χ0n) is 10.8. The fraction of sp³-hybridized carbons (Fsp3) is 0.500. The highest BCUT2D eigenvalue weighted by molar-refractivity contribution is 6.34. The van der Waals surface area contributed by atoms with Crippen LogP contribution in [0.2, 0.25) is 5.02 Å². The number of hydrogen-bond donors (Lipinski definition) is 2. The molecule has 0 saturated heterocycles. The maximum Gasteiger partial charge on any atom is 0.252 e. The Kier molecular flexibility index (Phi) is 5.05. The Morgan fingerprint density at radius 1 is 1.42 bits per heavy atom. The zero-order valence-corrected chi connectivity index (χ0v) is 11.6. The molecule has 1 saturated carbocycles. The number of carbonyl (C=O) groups excluding carboxylic acids is 1. The lowest BCUT2D eigenvalue weighted by Crippen LogP contribution is -2.28. The van der Waals surface area contributed by atoms with Gasteiger partial charge in [0, 0.05) is 12.2 Å². The molecule has 0 bridgehead atoms. The summed E-state index contributed by atoms with van der Waals surface area (Å²) in [5.41, 5.74) is 6.57. The van der Waals surface area contributed by atoms with Gasteiger partial charge in [0.25, 0.3) is 5.91 Å². The molecular weight excluding hydrogens is 264 g/mol. The second-order valence-electron chi connectivity index (χ2n) is 4.77. The Labute approximate surface area is 118 Å². The van der Waals surface area contributed by atoms with Crippen molar-refractivity contribution in [3.63, 3.8) is 0 Å². The number of ether oxygens (including phenoxy) is 1. The Hall–Kier alpha value is -1.26. The molecule has 1 aliphatic rings. The molecule has 0 aliphatic heterocycles. The van der Waals surface area contributed by atoms with Crippen molar-refractivity contribution in [2.75, 3.05) is 18.9 Å². The van der Waals surface area contributed by atoms with E-state index in [1.54, 1.807) is 18.2 Å². The van der Waals surface area contributed by atoms with Gasteiger partial charge in [-0.2, -0.15) is 0 Å². The van der Waals surface area contributed by atoms with Crippen molar-refractivity contribution in [2.24, 2.45) is 0 Å². The summed E-state index contributed by atoms with van der Waals surface area (Å²) < 4.78 is 5.67. The van der Waals surface area contributed by atoms with Gasteiger partial charge in [-0.15, -0.1) is 0 Å². The number of halogens is 1. The second-order valence-corrected chi connectivity index (χ2v) is 5.18. The van der Waals surface area contributed by atoms with E-state index in [1.807, 2.05) is 0 Å². The zero-order chi connectivity index (χ0) is 13.7. The summed E-state index contributed by atoms with van der Waals surface area (Å²) in [7, 11) is 0. The molecule has 1 amide bonds. The fourth-order valence-corrected chi connectivity index (χ4v) is 2.53. The summed E-state index contributed by atoms with van der Waals surface area (Å²) in [6.07, 6.45) is 5.14. The largest absolute Gasteiger partial charge is 0.399 e. The average molecular weight is 283 g/mol. The number of carbonyl (C=O) groups is 1. The van der Waals surface area contributed by atoms with Gasteiger partial charge in [0.15, 0.2) is 0 Å². The molecule has 5 heteroatoms. The van der Waals surface area contributed by atoms with Crippen LogP contribution in [0.4, 0.5) is 5.69 Å². The number of anilines is 1. The van der Waals surface area contributed by atoms with E-state index >= 15 is 0 Å². The van der Waals surface area contributed by atoms with E-state index in [0.29, 0.717) is 35.5 Å². The lowest BCUT2D eigenvalue weighted by molar-refractivity contribution is 0.0582. The quantitative estimate of drug-likeness (QED) is 0.644. The molecule has 0 aromatic heterocycles. The van der Waals surface area contributed by atoms with Crippen molar-refractivity contribution in [3.05, 3.63) is 28.8 Å². The fourth-order valence-electron chi connectivity index (χ4n) is 2.26. The van der Waals surface area contributed by atoms with Crippen LogP contribution >= 0.6 is 11.6 Å². The molecule has 0 atom stereocenters. The van der Waals surface area contributed by atoms with Gasteiger partial charge in [0.05, 0.1) is 23.3 Å². The molecule has 0 heterocycles. The second kappa shape index (κ2) is 6.78. The molecule has 0 unspecified atom stereocenters. The van der Waals surface area contributed by atoms with E-state index in [4.69, 9.17) is 22.1 Å². The molecule has 1 aromatic carbocycles. The van der Waals surface area contributed by atoms with E-state index in [-0.39, 0.29) is 5.91 Å². The van der Waals surface area contributed by atoms with E-state index < -0.39 is 0 Å². The van der Waals surface area contributed by atoms with Gasteiger partial charge in [0.1, 0.15) is 0 Å². The molecule has 1 aliphatic carbocycles. The maximum absolute atomic E-state index is 11.9. The standard InChI is InChI=1S/C14H19ClN2O2/c15-13-9-10(16)5-6-12(13)14(18)17-7-8-19-11-3-1-2-4-11/h5-6,9,11H,1-4,7-8,16H2,(H,17,18). The highest BCUT2D eigenvalue weighted by Gasteiger charge is 2.15. The van der Waals surface area contributed by atoms with Crippen molar-refractivity contribution in [1.82, 2.24) is 5.32 Å². The number of rotatable bonds is 5. The Balaban J connectivity index is 1.74. The van der Waals surface area contributed by atoms with Crippen LogP contribution in [0.1, 0.15) is 36.0 Å². The molecule has 104 valence electrons. The molecule has 3 N–H and O–H groups in total. The lowest BCUT2D eigenvalue weighted by Gasteiger charge is -2.12. The van der Waals surface area contributed by atoms with Gasteiger partial charge in [-0.25, -0.2) is 0 Å². The normalized spacial score (nSPS) is 15.6. The van der Waals surface area contributed by atoms with Crippen LogP contribution in [0, 0.1) is 0 Å². The SMILES string of the molecule is Nc1ccc(C(=O)NCCOC2CCCC2)c(Cl)c1. The first kappa shape index (κ1) is 14.2. The van der Waals surface area contributed by atoms with Crippen LogP contribution in [-0.2, 0) is 4.74 Å². The maximum atomic E-state index is 11.9. The monoisotopic (exact) mass is 282 g/mol. The molecule has 0 spiro atoms. The molecule has 4 nitrogen and oxygen atoms in total. The van der Waals surface area contributed by atoms with Crippen molar-refractivity contribution in [1.29, 1.82) is 0 Å². The Morgan fingerprint density at radius 3 is 2.84 bits per heavy atom. The molecule has 2 rings (SSSR count). The number of benzene rings is 1. The van der Waals surface area contributed by atoms with E-state index in [1.165, 1.54) is 12.8 Å². The Morgan fingerprint density at radius 2 is 2.16 bits per heavy atom. The lowest BCUT2D eigenvalue weighted by atomic mass is 10.2. The van der Waals surface area contributed by atoms with Crippen LogP contribution in [0.15, 0.2) is 18.2 Å². The van der Waals surface area contributed by atoms with Crippen LogP contribution in [-0.4, -0.2) is 25.2 Å². The first-order valence-corrected chi connectivity index (χ1v) is 6.99. The van der Waals surface area contributed by atoms with Crippen molar-refractivity contribution >= 4 is 23.2 Å². The molecule has 1 aromatic rings. The predicted molar refractivity (Wildman–Crippen MR) is 76.4 cm³/mol. The molecule has 0 radical (unpaired) electrons. The van der Waals surface area contributed by atoms with Crippen LogP contribution in [0.5, 0.6) is 0 Å². The van der Waals surface area contributed by atoms with Crippen LogP contribution in [0.25, 0.3) is 0 Å². The molecule has 19 heavy (non-hydrogen) atoms. The third kappa shape index (κ3) is 4.11. The average Bonchev–Trinajstić information content (AvgIpc) is 2.87. The van der Waals surface area contributed by atoms with Gasteiger partial charge < -0.3 is 15.8 Å². The van der Waals surface area contributed by atoms with E-state index in [2.05, 4.69) is 5.32 Å². The predicted octanol–water partition coefficient (Wildman–Crippen LogP) is 2.61. The van der Waals surface area contributed by atoms with Crippen molar-refractivity contribution in [2.45, 2.75) is 31.8 Å². The first-order chi connectivity index (χ1) is 9.16. The van der Waals surface area contributed by atoms with E-state index in [0.717, 1.165) is 12.8 Å². The number of amides is 1. The molecule has 1 fully saturated rings.